The zero-order chi connectivity index (χ0) is 16.7. The lowest BCUT2D eigenvalue weighted by molar-refractivity contribution is -0.00699. The molecule has 1 aliphatic heterocycles. The summed E-state index contributed by atoms with van der Waals surface area (Å²) in [6.45, 7) is 3.99. The minimum Gasteiger partial charge on any atom is -0.369 e. The molecular formula is C17H21N5O2. The van der Waals surface area contributed by atoms with Gasteiger partial charge in [-0.3, -0.25) is 9.89 Å². The zero-order valence-corrected chi connectivity index (χ0v) is 13.9. The molecule has 7 heteroatoms. The zero-order valence-electron chi connectivity index (χ0n) is 13.9. The molecule has 0 saturated heterocycles. The highest BCUT2D eigenvalue weighted by Gasteiger charge is 2.43. The van der Waals surface area contributed by atoms with Crippen molar-refractivity contribution in [3.63, 3.8) is 0 Å². The van der Waals surface area contributed by atoms with E-state index in [1.807, 2.05) is 13.8 Å². The van der Waals surface area contributed by atoms with E-state index in [4.69, 9.17) is 4.74 Å². The Balaban J connectivity index is 1.61. The second-order valence-corrected chi connectivity index (χ2v) is 6.72. The minimum absolute atomic E-state index is 0.0757. The molecule has 1 saturated carbocycles. The number of amides is 1. The number of rotatable bonds is 3. The van der Waals surface area contributed by atoms with Crippen LogP contribution < -0.4 is 5.32 Å². The van der Waals surface area contributed by atoms with Gasteiger partial charge in [0.2, 0.25) is 0 Å². The maximum absolute atomic E-state index is 12.9. The summed E-state index contributed by atoms with van der Waals surface area (Å²) in [7, 11) is 0. The van der Waals surface area contributed by atoms with E-state index in [0.29, 0.717) is 17.9 Å². The molecule has 2 N–H and O–H groups in total. The van der Waals surface area contributed by atoms with Crippen LogP contribution in [0.2, 0.25) is 0 Å². The molecule has 0 spiro atoms. The quantitative estimate of drug-likeness (QED) is 0.900. The highest BCUT2D eigenvalue weighted by Crippen LogP contribution is 2.40. The molecule has 126 valence electrons. The highest BCUT2D eigenvalue weighted by molar-refractivity contribution is 5.94. The van der Waals surface area contributed by atoms with Crippen LogP contribution in [0.1, 0.15) is 66.8 Å². The average molecular weight is 327 g/mol. The predicted molar refractivity (Wildman–Crippen MR) is 86.3 cm³/mol. The van der Waals surface area contributed by atoms with Crippen molar-refractivity contribution >= 4 is 5.91 Å². The lowest BCUT2D eigenvalue weighted by Gasteiger charge is -2.40. The van der Waals surface area contributed by atoms with E-state index in [-0.39, 0.29) is 18.1 Å². The van der Waals surface area contributed by atoms with Gasteiger partial charge in [-0.2, -0.15) is 5.10 Å². The maximum atomic E-state index is 12.9. The fourth-order valence-electron chi connectivity index (χ4n) is 3.62. The third-order valence-electron chi connectivity index (χ3n) is 5.00. The van der Waals surface area contributed by atoms with Crippen LogP contribution in [0.5, 0.6) is 0 Å². The second-order valence-electron chi connectivity index (χ2n) is 6.72. The van der Waals surface area contributed by atoms with E-state index in [2.05, 4.69) is 25.5 Å². The Bertz CT molecular complexity index is 754. The molecule has 1 fully saturated rings. The van der Waals surface area contributed by atoms with Gasteiger partial charge in [-0.25, -0.2) is 9.97 Å². The summed E-state index contributed by atoms with van der Waals surface area (Å²) < 4.78 is 5.79. The monoisotopic (exact) mass is 327 g/mol. The highest BCUT2D eigenvalue weighted by atomic mass is 16.5. The number of aromatic amines is 1. The Morgan fingerprint density at radius 2 is 2.08 bits per heavy atom. The van der Waals surface area contributed by atoms with E-state index in [1.54, 1.807) is 18.5 Å². The molecule has 2 aromatic rings. The number of H-pyrrole nitrogens is 1. The summed E-state index contributed by atoms with van der Waals surface area (Å²) >= 11 is 0. The van der Waals surface area contributed by atoms with Gasteiger partial charge in [0, 0.05) is 24.4 Å². The fraction of sp³-hybridized carbons (Fsp3) is 0.529. The first kappa shape index (κ1) is 15.3. The van der Waals surface area contributed by atoms with Crippen molar-refractivity contribution in [2.75, 3.05) is 0 Å². The number of hydrogen-bond acceptors (Lipinski definition) is 5. The predicted octanol–water partition coefficient (Wildman–Crippen LogP) is 2.03. The molecule has 7 nitrogen and oxygen atoms in total. The number of nitrogens with zero attached hydrogens (tertiary/aromatic N) is 3. The van der Waals surface area contributed by atoms with E-state index >= 15 is 0 Å². The van der Waals surface area contributed by atoms with Crippen molar-refractivity contribution in [3.05, 3.63) is 41.2 Å². The summed E-state index contributed by atoms with van der Waals surface area (Å²) in [5.41, 5.74) is 1.86. The van der Waals surface area contributed by atoms with Crippen LogP contribution in [0.4, 0.5) is 0 Å². The molecular weight excluding hydrogens is 306 g/mol. The maximum Gasteiger partial charge on any atom is 0.272 e. The SMILES string of the molecule is C[C@@H]1Cc2c(C(=O)NC3(c4ncccn4)CCC3)n[nH]c2[C@H](C)O1. The molecule has 0 aromatic carbocycles. The Hall–Kier alpha value is -2.28. The van der Waals surface area contributed by atoms with Crippen molar-refractivity contribution in [1.29, 1.82) is 0 Å². The van der Waals surface area contributed by atoms with Gasteiger partial charge >= 0.3 is 0 Å². The number of nitrogens with one attached hydrogen (secondary N) is 2. The Morgan fingerprint density at radius 1 is 1.33 bits per heavy atom. The molecule has 2 aromatic heterocycles. The molecule has 24 heavy (non-hydrogen) atoms. The number of hydrogen-bond donors (Lipinski definition) is 2. The van der Waals surface area contributed by atoms with Gasteiger partial charge in [-0.1, -0.05) is 0 Å². The molecule has 2 aliphatic rings. The molecule has 1 amide bonds. The lowest BCUT2D eigenvalue weighted by atomic mass is 9.75. The van der Waals surface area contributed by atoms with Crippen molar-refractivity contribution < 1.29 is 9.53 Å². The second kappa shape index (κ2) is 5.66. The fourth-order valence-corrected chi connectivity index (χ4v) is 3.62. The lowest BCUT2D eigenvalue weighted by Crippen LogP contribution is -2.52. The summed E-state index contributed by atoms with van der Waals surface area (Å²) in [6.07, 6.45) is 6.88. The van der Waals surface area contributed by atoms with Gasteiger partial charge in [0.1, 0.15) is 5.54 Å². The van der Waals surface area contributed by atoms with Gasteiger partial charge < -0.3 is 10.1 Å². The molecule has 1 aliphatic carbocycles. The molecule has 3 heterocycles. The van der Waals surface area contributed by atoms with Gasteiger partial charge in [0.25, 0.3) is 5.91 Å². The number of carbonyl (C=O) groups is 1. The smallest absolute Gasteiger partial charge is 0.272 e. The normalized spacial score (nSPS) is 24.8. The van der Waals surface area contributed by atoms with E-state index in [0.717, 1.165) is 30.5 Å². The Morgan fingerprint density at radius 3 is 2.75 bits per heavy atom. The number of ether oxygens (including phenoxy) is 1. The number of fused-ring (bicyclic) bond motifs is 1. The van der Waals surface area contributed by atoms with Crippen molar-refractivity contribution in [2.24, 2.45) is 0 Å². The van der Waals surface area contributed by atoms with Crippen LogP contribution in [-0.4, -0.2) is 32.2 Å². The van der Waals surface area contributed by atoms with E-state index in [1.165, 1.54) is 0 Å². The van der Waals surface area contributed by atoms with Crippen LogP contribution in [0.15, 0.2) is 18.5 Å². The van der Waals surface area contributed by atoms with Crippen LogP contribution >= 0.6 is 0 Å². The third-order valence-corrected chi connectivity index (χ3v) is 5.00. The summed E-state index contributed by atoms with van der Waals surface area (Å²) in [5.74, 6) is 0.514. The largest absolute Gasteiger partial charge is 0.369 e. The number of carbonyl (C=O) groups excluding carboxylic acids is 1. The first-order valence-electron chi connectivity index (χ1n) is 8.42. The molecule has 4 rings (SSSR count). The molecule has 0 unspecified atom stereocenters. The summed E-state index contributed by atoms with van der Waals surface area (Å²) in [4.78, 5) is 21.6. The average Bonchev–Trinajstić information content (AvgIpc) is 2.95. The van der Waals surface area contributed by atoms with E-state index < -0.39 is 5.54 Å². The summed E-state index contributed by atoms with van der Waals surface area (Å²) in [6, 6.07) is 1.78. The van der Waals surface area contributed by atoms with Crippen LogP contribution in [0.3, 0.4) is 0 Å². The molecule has 0 radical (unpaired) electrons. The van der Waals surface area contributed by atoms with Gasteiger partial charge in [-0.05, 0) is 39.2 Å². The van der Waals surface area contributed by atoms with Gasteiger partial charge in [0.05, 0.1) is 17.9 Å². The van der Waals surface area contributed by atoms with E-state index in [9.17, 15) is 4.79 Å². The third kappa shape index (κ3) is 2.39. The van der Waals surface area contributed by atoms with Crippen molar-refractivity contribution in [3.8, 4) is 0 Å². The van der Waals surface area contributed by atoms with Crippen LogP contribution in [0, 0.1) is 0 Å². The van der Waals surface area contributed by atoms with Crippen molar-refractivity contribution in [2.45, 2.75) is 57.3 Å². The van der Waals surface area contributed by atoms with Crippen molar-refractivity contribution in [1.82, 2.24) is 25.5 Å². The van der Waals surface area contributed by atoms with Crippen LogP contribution in [-0.2, 0) is 16.7 Å². The Labute approximate surface area is 140 Å². The summed E-state index contributed by atoms with van der Waals surface area (Å²) in [5, 5.41) is 10.4. The van der Waals surface area contributed by atoms with Crippen LogP contribution in [0.25, 0.3) is 0 Å². The van der Waals surface area contributed by atoms with Gasteiger partial charge in [-0.15, -0.1) is 0 Å². The minimum atomic E-state index is -0.466. The standard InChI is InChI=1S/C17H21N5O2/c1-10-9-12-13(11(2)24-10)21-22-14(12)15(23)20-17(5-3-6-17)16-18-7-4-8-19-16/h4,7-8,10-11H,3,5-6,9H2,1-2H3,(H,20,23)(H,21,22)/t10-,11+/m1/s1. The molecule has 0 bridgehead atoms. The first-order chi connectivity index (χ1) is 11.6. The molecule has 2 atom stereocenters. The Kier molecular flexibility index (Phi) is 3.60. The topological polar surface area (TPSA) is 92.8 Å². The van der Waals surface area contributed by atoms with Gasteiger partial charge in [0.15, 0.2) is 11.5 Å². The number of aromatic nitrogens is 4. The first-order valence-corrected chi connectivity index (χ1v) is 8.42.